The lowest BCUT2D eigenvalue weighted by atomic mass is 9.95. The van der Waals surface area contributed by atoms with Crippen molar-refractivity contribution in [3.05, 3.63) is 67.2 Å². The van der Waals surface area contributed by atoms with Crippen LogP contribution in [0, 0.1) is 17.1 Å². The molecule has 0 aliphatic carbocycles. The molecule has 0 saturated heterocycles. The van der Waals surface area contributed by atoms with Crippen LogP contribution < -0.4 is 25.6 Å². The fourth-order valence-corrected chi connectivity index (χ4v) is 5.74. The minimum Gasteiger partial charge on any atom is -0.373 e. The van der Waals surface area contributed by atoms with E-state index in [1.165, 1.54) is 4.52 Å². The zero-order chi connectivity index (χ0) is 25.5. The Morgan fingerprint density at radius 3 is 2.64 bits per heavy atom. The Hall–Kier alpha value is -4.20. The molecule has 6 rings (SSSR count). The zero-order valence-corrected chi connectivity index (χ0v) is 20.5. The quantitative estimate of drug-likeness (QED) is 0.402. The first kappa shape index (κ1) is 22.3. The van der Waals surface area contributed by atoms with Gasteiger partial charge in [-0.3, -0.25) is 14.3 Å². The first-order valence-electron chi connectivity index (χ1n) is 11.9. The van der Waals surface area contributed by atoms with Crippen molar-refractivity contribution >= 4 is 22.6 Å². The van der Waals surface area contributed by atoms with E-state index in [1.807, 2.05) is 9.58 Å². The average Bonchev–Trinajstić information content (AvgIpc) is 3.41. The second-order valence-corrected chi connectivity index (χ2v) is 9.95. The third-order valence-corrected chi connectivity index (χ3v) is 7.44. The number of hydrogen-bond acceptors (Lipinski definition) is 8. The third-order valence-electron chi connectivity index (χ3n) is 7.44. The van der Waals surface area contributed by atoms with Crippen LogP contribution in [0.2, 0.25) is 0 Å². The molecule has 2 aliphatic heterocycles. The molecule has 4 aromatic rings. The molecule has 2 atom stereocenters. The third kappa shape index (κ3) is 2.93. The van der Waals surface area contributed by atoms with Crippen LogP contribution in [0.1, 0.15) is 42.5 Å². The second kappa shape index (κ2) is 7.65. The number of aromatic nitrogens is 4. The van der Waals surface area contributed by atoms with Crippen molar-refractivity contribution in [1.82, 2.24) is 19.4 Å². The lowest BCUT2D eigenvalue weighted by Crippen LogP contribution is -2.49. The molecule has 0 spiro atoms. The highest BCUT2D eigenvalue weighted by molar-refractivity contribution is 5.77. The maximum absolute atomic E-state index is 14.7. The van der Waals surface area contributed by atoms with Crippen molar-refractivity contribution in [3.8, 4) is 6.07 Å². The molecule has 0 unspecified atom stereocenters. The molecule has 10 nitrogen and oxygen atoms in total. The van der Waals surface area contributed by atoms with Gasteiger partial charge in [-0.05, 0) is 32.4 Å². The van der Waals surface area contributed by atoms with E-state index >= 15 is 0 Å². The van der Waals surface area contributed by atoms with E-state index in [-0.39, 0.29) is 17.8 Å². The van der Waals surface area contributed by atoms with Crippen molar-refractivity contribution < 1.29 is 4.39 Å². The summed E-state index contributed by atoms with van der Waals surface area (Å²) in [5, 5.41) is 18.4. The Balaban J connectivity index is 1.38. The van der Waals surface area contributed by atoms with Crippen LogP contribution in [-0.2, 0) is 19.5 Å². The number of rotatable bonds is 3. The van der Waals surface area contributed by atoms with Crippen LogP contribution in [0.4, 0.5) is 21.5 Å². The van der Waals surface area contributed by atoms with Gasteiger partial charge in [0.2, 0.25) is 0 Å². The summed E-state index contributed by atoms with van der Waals surface area (Å²) < 4.78 is 18.1. The Labute approximate surface area is 206 Å². The molecule has 36 heavy (non-hydrogen) atoms. The van der Waals surface area contributed by atoms with Gasteiger partial charge in [0.1, 0.15) is 28.7 Å². The number of halogens is 1. The summed E-state index contributed by atoms with van der Waals surface area (Å²) in [7, 11) is 3.55. The van der Waals surface area contributed by atoms with Gasteiger partial charge in [-0.25, -0.2) is 8.91 Å². The van der Waals surface area contributed by atoms with E-state index in [0.29, 0.717) is 48.6 Å². The maximum atomic E-state index is 14.7. The molecule has 0 saturated carbocycles. The molecule has 0 N–H and O–H groups in total. The fraction of sp³-hybridized carbons (Fsp3) is 0.400. The van der Waals surface area contributed by atoms with E-state index in [4.69, 9.17) is 5.10 Å². The van der Waals surface area contributed by atoms with Crippen LogP contribution in [0.3, 0.4) is 0 Å². The molecule has 3 aromatic heterocycles. The van der Waals surface area contributed by atoms with E-state index < -0.39 is 16.7 Å². The van der Waals surface area contributed by atoms with Gasteiger partial charge in [0, 0.05) is 32.2 Å². The molecule has 0 amide bonds. The summed E-state index contributed by atoms with van der Waals surface area (Å²) >= 11 is 0. The highest BCUT2D eigenvalue weighted by atomic mass is 19.1. The van der Waals surface area contributed by atoms with E-state index in [9.17, 15) is 19.2 Å². The lowest BCUT2D eigenvalue weighted by Gasteiger charge is -2.38. The molecule has 0 bridgehead atoms. The minimum absolute atomic E-state index is 0.00738. The second-order valence-electron chi connectivity index (χ2n) is 9.95. The highest BCUT2D eigenvalue weighted by Crippen LogP contribution is 2.37. The monoisotopic (exact) mass is 488 g/mol. The smallest absolute Gasteiger partial charge is 0.253 e. The molecular weight excluding hydrogens is 463 g/mol. The van der Waals surface area contributed by atoms with Crippen LogP contribution >= 0.6 is 0 Å². The standard InChI is InChI=1S/C25H25FN8O2/c1-13-7-16-18(11-32(13)23-22(30(3)4)24(35)25(23)36)29-33-14(2)10-31(12-20(16)33)19-6-5-15(8-27)34-21(19)17(26)9-28-34/h5-6,9,13-14H,7,10-12H2,1-4H3/t13-,14+/m0/s1. The van der Waals surface area contributed by atoms with Gasteiger partial charge in [0.25, 0.3) is 10.9 Å². The lowest BCUT2D eigenvalue weighted by molar-refractivity contribution is 0.423. The number of nitrogens with zero attached hydrogens (tertiary/aromatic N) is 8. The molecule has 0 fully saturated rings. The molecule has 2 aliphatic rings. The topological polar surface area (TPSA) is 103 Å². The van der Waals surface area contributed by atoms with E-state index in [1.54, 1.807) is 31.1 Å². The molecule has 1 aromatic carbocycles. The van der Waals surface area contributed by atoms with Crippen molar-refractivity contribution in [2.24, 2.45) is 0 Å². The average molecular weight is 489 g/mol. The SMILES string of the molecule is C[C@@H]1CN(c2ccc(C#N)n3ncc(F)c23)Cc2c3c(nn21)CN(c1c(N(C)C)c(=O)c1=O)[C@@H](C)C3. The fourth-order valence-electron chi connectivity index (χ4n) is 5.74. The van der Waals surface area contributed by atoms with Gasteiger partial charge in [-0.2, -0.15) is 15.5 Å². The van der Waals surface area contributed by atoms with Gasteiger partial charge < -0.3 is 14.7 Å². The summed E-state index contributed by atoms with van der Waals surface area (Å²) in [6.45, 7) is 5.73. The predicted molar refractivity (Wildman–Crippen MR) is 133 cm³/mol. The largest absolute Gasteiger partial charge is 0.373 e. The van der Waals surface area contributed by atoms with Crippen LogP contribution in [-0.4, -0.2) is 46.1 Å². The Bertz CT molecular complexity index is 1650. The summed E-state index contributed by atoms with van der Waals surface area (Å²) in [5.74, 6) is -0.468. The maximum Gasteiger partial charge on any atom is 0.253 e. The van der Waals surface area contributed by atoms with Crippen LogP contribution in [0.5, 0.6) is 0 Å². The van der Waals surface area contributed by atoms with Gasteiger partial charge in [0.05, 0.1) is 42.4 Å². The van der Waals surface area contributed by atoms with Crippen molar-refractivity contribution in [3.63, 3.8) is 0 Å². The van der Waals surface area contributed by atoms with Gasteiger partial charge in [0.15, 0.2) is 5.82 Å². The molecular formula is C25H25FN8O2. The first-order chi connectivity index (χ1) is 17.2. The van der Waals surface area contributed by atoms with Gasteiger partial charge in [-0.1, -0.05) is 0 Å². The highest BCUT2D eigenvalue weighted by Gasteiger charge is 2.38. The summed E-state index contributed by atoms with van der Waals surface area (Å²) in [4.78, 5) is 30.4. The number of hydrogen-bond donors (Lipinski definition) is 0. The van der Waals surface area contributed by atoms with Gasteiger partial charge >= 0.3 is 0 Å². The van der Waals surface area contributed by atoms with Crippen molar-refractivity contribution in [1.29, 1.82) is 5.26 Å². The van der Waals surface area contributed by atoms with Crippen molar-refractivity contribution in [2.75, 3.05) is 35.3 Å². The first-order valence-corrected chi connectivity index (χ1v) is 11.9. The van der Waals surface area contributed by atoms with Crippen LogP contribution in [0.25, 0.3) is 5.52 Å². The minimum atomic E-state index is -0.468. The Morgan fingerprint density at radius 2 is 1.92 bits per heavy atom. The Morgan fingerprint density at radius 1 is 1.14 bits per heavy atom. The number of nitriles is 1. The normalized spacial score (nSPS) is 19.4. The van der Waals surface area contributed by atoms with E-state index in [2.05, 4.69) is 29.9 Å². The zero-order valence-electron chi connectivity index (χ0n) is 20.5. The molecule has 5 heterocycles. The summed E-state index contributed by atoms with van der Waals surface area (Å²) in [5.41, 5.74) is 4.39. The van der Waals surface area contributed by atoms with Crippen LogP contribution in [0.15, 0.2) is 27.9 Å². The predicted octanol–water partition coefficient (Wildman–Crippen LogP) is 1.74. The summed E-state index contributed by atoms with van der Waals surface area (Å²) in [6, 6.07) is 5.53. The van der Waals surface area contributed by atoms with Crippen molar-refractivity contribution in [2.45, 2.75) is 45.4 Å². The number of fused-ring (bicyclic) bond motifs is 4. The molecule has 0 radical (unpaired) electrons. The summed E-state index contributed by atoms with van der Waals surface area (Å²) in [6.07, 6.45) is 1.82. The van der Waals surface area contributed by atoms with Gasteiger partial charge in [-0.15, -0.1) is 0 Å². The number of pyridine rings is 1. The molecule has 184 valence electrons. The number of anilines is 3. The van der Waals surface area contributed by atoms with E-state index in [0.717, 1.165) is 23.1 Å². The molecule has 11 heteroatoms. The Kier molecular flexibility index (Phi) is 4.73.